The molecule has 0 radical (unpaired) electrons. The number of hydrogen-bond acceptors (Lipinski definition) is 4. The van der Waals surface area contributed by atoms with Crippen LogP contribution in [-0.4, -0.2) is 17.7 Å². The summed E-state index contributed by atoms with van der Waals surface area (Å²) in [7, 11) is 0. The van der Waals surface area contributed by atoms with Gasteiger partial charge in [-0.3, -0.25) is 14.4 Å². The average Bonchev–Trinajstić information content (AvgIpc) is 3.06. The van der Waals surface area contributed by atoms with Crippen molar-refractivity contribution in [2.75, 3.05) is 10.6 Å². The molecule has 230 valence electrons. The molecule has 6 nitrogen and oxygen atoms in total. The second-order valence-electron chi connectivity index (χ2n) is 9.90. The lowest BCUT2D eigenvalue weighted by Crippen LogP contribution is -2.30. The number of nitrogens with one attached hydrogen (secondary N) is 3. The van der Waals surface area contributed by atoms with E-state index in [0.29, 0.717) is 37.6 Å². The minimum Gasteiger partial charge on any atom is -0.325 e. The average molecular weight is 687 g/mol. The molecule has 0 heterocycles. The fourth-order valence-corrected chi connectivity index (χ4v) is 6.08. The van der Waals surface area contributed by atoms with E-state index in [2.05, 4.69) is 16.0 Å². The molecule has 0 aliphatic heterocycles. The molecule has 0 aliphatic rings. The highest BCUT2D eigenvalue weighted by Gasteiger charge is 2.23. The van der Waals surface area contributed by atoms with E-state index in [1.165, 1.54) is 17.8 Å². The quantitative estimate of drug-likeness (QED) is 0.101. The highest BCUT2D eigenvalue weighted by Crippen LogP contribution is 2.37. The van der Waals surface area contributed by atoms with Crippen LogP contribution in [0.5, 0.6) is 0 Å². The Kier molecular flexibility index (Phi) is 11.2. The molecule has 5 aromatic carbocycles. The van der Waals surface area contributed by atoms with Gasteiger partial charge in [0.15, 0.2) is 0 Å². The Morgan fingerprint density at radius 2 is 1.28 bits per heavy atom. The smallest absolute Gasteiger partial charge is 0.272 e. The fraction of sp³-hybridized carbons (Fsp3) is 0.0278. The number of hydrogen-bond donors (Lipinski definition) is 3. The lowest BCUT2D eigenvalue weighted by atomic mass is 10.1. The van der Waals surface area contributed by atoms with Gasteiger partial charge in [0.25, 0.3) is 11.8 Å². The molecular formula is C36H26Cl3N3O3S. The third-order valence-corrected chi connectivity index (χ3v) is 8.78. The molecule has 0 spiro atoms. The molecule has 0 aliphatic carbocycles. The predicted octanol–water partition coefficient (Wildman–Crippen LogP) is 9.53. The summed E-state index contributed by atoms with van der Waals surface area (Å²) >= 11 is 20.2. The van der Waals surface area contributed by atoms with E-state index in [-0.39, 0.29) is 11.6 Å². The normalized spacial score (nSPS) is 11.8. The minimum absolute atomic E-state index is 0.0517. The van der Waals surface area contributed by atoms with Gasteiger partial charge in [-0.25, -0.2) is 0 Å². The molecule has 0 bridgehead atoms. The standard InChI is InChI=1S/C36H26Cl3N3O3S/c37-25-13-7-14-27(21-25)41-36(45)33(23-9-3-1-4-10-23)46-28-19-17-26(18-20-28)40-35(44)32(22-29-30(38)15-8-16-31(29)39)42-34(43)24-11-5-2-6-12-24/h1-22,33H,(H,40,44)(H,41,45)(H,42,43)/b32-22-. The van der Waals surface area contributed by atoms with Gasteiger partial charge in [0.2, 0.25) is 5.91 Å². The largest absolute Gasteiger partial charge is 0.325 e. The van der Waals surface area contributed by atoms with E-state index in [0.717, 1.165) is 10.5 Å². The summed E-state index contributed by atoms with van der Waals surface area (Å²) in [4.78, 5) is 40.7. The van der Waals surface area contributed by atoms with E-state index < -0.39 is 17.1 Å². The van der Waals surface area contributed by atoms with Crippen molar-refractivity contribution < 1.29 is 14.4 Å². The second-order valence-corrected chi connectivity index (χ2v) is 12.3. The minimum atomic E-state index is -0.580. The molecule has 5 rings (SSSR count). The SMILES string of the molecule is O=C(Nc1ccc(SC(C(=O)Nc2cccc(Cl)c2)c2ccccc2)cc1)/C(=C/c1c(Cl)cccc1Cl)NC(=O)c1ccccc1. The summed E-state index contributed by atoms with van der Waals surface area (Å²) in [5.41, 5.74) is 2.60. The molecule has 1 atom stereocenters. The van der Waals surface area contributed by atoms with Crippen molar-refractivity contribution in [2.45, 2.75) is 10.1 Å². The first-order chi connectivity index (χ1) is 22.3. The van der Waals surface area contributed by atoms with Crippen molar-refractivity contribution in [3.63, 3.8) is 0 Å². The first kappa shape index (κ1) is 32.9. The van der Waals surface area contributed by atoms with Crippen molar-refractivity contribution in [2.24, 2.45) is 0 Å². The Labute approximate surface area is 285 Å². The van der Waals surface area contributed by atoms with Crippen molar-refractivity contribution in [1.29, 1.82) is 0 Å². The van der Waals surface area contributed by atoms with Gasteiger partial charge in [-0.15, -0.1) is 11.8 Å². The molecule has 0 saturated carbocycles. The summed E-state index contributed by atoms with van der Waals surface area (Å²) in [6.45, 7) is 0. The van der Waals surface area contributed by atoms with Crippen molar-refractivity contribution >= 4 is 81.7 Å². The third kappa shape index (κ3) is 8.80. The Morgan fingerprint density at radius 3 is 1.93 bits per heavy atom. The maximum absolute atomic E-state index is 13.5. The lowest BCUT2D eigenvalue weighted by Gasteiger charge is -2.18. The molecule has 46 heavy (non-hydrogen) atoms. The van der Waals surface area contributed by atoms with Crippen molar-refractivity contribution in [1.82, 2.24) is 5.32 Å². The number of carbonyl (C=O) groups is 3. The van der Waals surface area contributed by atoms with Crippen LogP contribution >= 0.6 is 46.6 Å². The number of anilines is 2. The van der Waals surface area contributed by atoms with Gasteiger partial charge in [0, 0.05) is 42.5 Å². The lowest BCUT2D eigenvalue weighted by molar-refractivity contribution is -0.116. The van der Waals surface area contributed by atoms with E-state index in [4.69, 9.17) is 34.8 Å². The van der Waals surface area contributed by atoms with E-state index in [1.54, 1.807) is 97.1 Å². The highest BCUT2D eigenvalue weighted by atomic mass is 35.5. The maximum Gasteiger partial charge on any atom is 0.272 e. The first-order valence-electron chi connectivity index (χ1n) is 14.0. The van der Waals surface area contributed by atoms with Gasteiger partial charge in [-0.1, -0.05) is 95.5 Å². The third-order valence-electron chi connectivity index (χ3n) is 6.62. The molecule has 3 amide bonds. The number of rotatable bonds is 10. The molecule has 0 saturated heterocycles. The Hall–Kier alpha value is -4.53. The monoisotopic (exact) mass is 685 g/mol. The Balaban J connectivity index is 1.35. The summed E-state index contributed by atoms with van der Waals surface area (Å²) in [6.07, 6.45) is 1.44. The summed E-state index contributed by atoms with van der Waals surface area (Å²) in [5.74, 6) is -1.26. The first-order valence-corrected chi connectivity index (χ1v) is 16.0. The fourth-order valence-electron chi connectivity index (χ4n) is 4.36. The maximum atomic E-state index is 13.5. The van der Waals surface area contributed by atoms with Crippen LogP contribution < -0.4 is 16.0 Å². The van der Waals surface area contributed by atoms with E-state index in [1.807, 2.05) is 30.3 Å². The van der Waals surface area contributed by atoms with Crippen LogP contribution in [-0.2, 0) is 9.59 Å². The zero-order chi connectivity index (χ0) is 32.5. The highest BCUT2D eigenvalue weighted by molar-refractivity contribution is 8.00. The van der Waals surface area contributed by atoms with Crippen LogP contribution in [0.25, 0.3) is 6.08 Å². The molecule has 5 aromatic rings. The molecule has 0 fully saturated rings. The molecule has 0 aromatic heterocycles. The Morgan fingerprint density at radius 1 is 0.652 bits per heavy atom. The second kappa shape index (κ2) is 15.7. The predicted molar refractivity (Wildman–Crippen MR) is 189 cm³/mol. The molecule has 3 N–H and O–H groups in total. The summed E-state index contributed by atoms with van der Waals surface area (Å²) in [6, 6.07) is 37.0. The van der Waals surface area contributed by atoms with Gasteiger partial charge in [-0.05, 0) is 78.4 Å². The van der Waals surface area contributed by atoms with Gasteiger partial charge < -0.3 is 16.0 Å². The van der Waals surface area contributed by atoms with Gasteiger partial charge in [0.1, 0.15) is 10.9 Å². The number of amides is 3. The molecule has 1 unspecified atom stereocenters. The zero-order valence-corrected chi connectivity index (χ0v) is 27.1. The topological polar surface area (TPSA) is 87.3 Å². The van der Waals surface area contributed by atoms with Crippen LogP contribution in [0.15, 0.2) is 138 Å². The van der Waals surface area contributed by atoms with Crippen LogP contribution in [0, 0.1) is 0 Å². The summed E-state index contributed by atoms with van der Waals surface area (Å²) < 4.78 is 0. The van der Waals surface area contributed by atoms with Gasteiger partial charge >= 0.3 is 0 Å². The van der Waals surface area contributed by atoms with Crippen LogP contribution in [0.1, 0.15) is 26.7 Å². The number of benzene rings is 5. The van der Waals surface area contributed by atoms with Gasteiger partial charge in [0.05, 0.1) is 0 Å². The van der Waals surface area contributed by atoms with Gasteiger partial charge in [-0.2, -0.15) is 0 Å². The van der Waals surface area contributed by atoms with Crippen LogP contribution in [0.3, 0.4) is 0 Å². The van der Waals surface area contributed by atoms with E-state index in [9.17, 15) is 14.4 Å². The number of halogens is 3. The Bertz CT molecular complexity index is 1870. The van der Waals surface area contributed by atoms with Crippen LogP contribution in [0.4, 0.5) is 11.4 Å². The zero-order valence-electron chi connectivity index (χ0n) is 24.0. The summed E-state index contributed by atoms with van der Waals surface area (Å²) in [5, 5.41) is 9.05. The molecular weight excluding hydrogens is 661 g/mol. The van der Waals surface area contributed by atoms with E-state index >= 15 is 0 Å². The number of carbonyl (C=O) groups excluding carboxylic acids is 3. The number of thioether (sulfide) groups is 1. The molecule has 10 heteroatoms. The van der Waals surface area contributed by atoms with Crippen LogP contribution in [0.2, 0.25) is 15.1 Å². The van der Waals surface area contributed by atoms with Crippen molar-refractivity contribution in [3.8, 4) is 0 Å². The van der Waals surface area contributed by atoms with Crippen molar-refractivity contribution in [3.05, 3.63) is 165 Å².